The van der Waals surface area contributed by atoms with Crippen LogP contribution in [0.3, 0.4) is 0 Å². The van der Waals surface area contributed by atoms with Crippen molar-refractivity contribution < 1.29 is 0 Å². The number of para-hydroxylation sites is 3. The van der Waals surface area contributed by atoms with Gasteiger partial charge in [-0.15, -0.1) is 0 Å². The lowest BCUT2D eigenvalue weighted by atomic mass is 9.80. The van der Waals surface area contributed by atoms with Crippen molar-refractivity contribution in [1.29, 1.82) is 0 Å². The Hall–Kier alpha value is -6.71. The summed E-state index contributed by atoms with van der Waals surface area (Å²) in [6.45, 7) is 0. The summed E-state index contributed by atoms with van der Waals surface area (Å²) in [5, 5.41) is 4.88. The van der Waals surface area contributed by atoms with Crippen molar-refractivity contribution in [3.63, 3.8) is 0 Å². The molecule has 0 aliphatic heterocycles. The second-order valence-electron chi connectivity index (χ2n) is 13.1. The van der Waals surface area contributed by atoms with Gasteiger partial charge in [-0.05, 0) is 87.0 Å². The van der Waals surface area contributed by atoms with Gasteiger partial charge in [0.05, 0.1) is 22.1 Å². The van der Waals surface area contributed by atoms with Gasteiger partial charge in [0, 0.05) is 21.5 Å². The first kappa shape index (κ1) is 27.3. The average molecular weight is 636 g/mol. The predicted molar refractivity (Wildman–Crippen MR) is 208 cm³/mol. The first-order chi connectivity index (χ1) is 24.8. The first-order valence-electron chi connectivity index (χ1n) is 17.2. The van der Waals surface area contributed by atoms with Crippen molar-refractivity contribution in [2.45, 2.75) is 0 Å². The Morgan fingerprint density at radius 2 is 0.600 bits per heavy atom. The van der Waals surface area contributed by atoms with Crippen molar-refractivity contribution in [3.8, 4) is 56.1 Å². The van der Waals surface area contributed by atoms with E-state index in [1.807, 2.05) is 0 Å². The summed E-state index contributed by atoms with van der Waals surface area (Å²) in [5.41, 5.74) is 14.5. The lowest BCUT2D eigenvalue weighted by molar-refractivity contribution is 1.01. The van der Waals surface area contributed by atoms with Crippen molar-refractivity contribution >= 4 is 43.6 Å². The topological polar surface area (TPSA) is 22.8 Å². The molecule has 0 atom stereocenters. The molecule has 11 rings (SSSR count). The quantitative estimate of drug-likeness (QED) is 0.185. The number of rotatable bonds is 2. The van der Waals surface area contributed by atoms with Crippen LogP contribution in [0.15, 0.2) is 176 Å². The van der Waals surface area contributed by atoms with Crippen LogP contribution in [0.4, 0.5) is 0 Å². The van der Waals surface area contributed by atoms with E-state index in [4.69, 9.17) is 4.98 Å². The third-order valence-electron chi connectivity index (χ3n) is 10.5. The fraction of sp³-hybridized carbons (Fsp3) is 0. The van der Waals surface area contributed by atoms with Crippen molar-refractivity contribution in [1.82, 2.24) is 14.1 Å². The van der Waals surface area contributed by atoms with Gasteiger partial charge in [0.1, 0.15) is 11.6 Å². The average Bonchev–Trinajstić information content (AvgIpc) is 3.69. The normalized spacial score (nSPS) is 12.0. The zero-order valence-corrected chi connectivity index (χ0v) is 27.1. The minimum Gasteiger partial charge on any atom is -0.294 e. The Kier molecular flexibility index (Phi) is 5.67. The Balaban J connectivity index is 1.23. The van der Waals surface area contributed by atoms with Crippen LogP contribution in [0, 0.1) is 0 Å². The smallest absolute Gasteiger partial charge is 0.140 e. The van der Waals surface area contributed by atoms with Crippen LogP contribution in [0.1, 0.15) is 0 Å². The molecule has 0 fully saturated rings. The molecular weight excluding hydrogens is 607 g/mol. The third-order valence-corrected chi connectivity index (χ3v) is 10.5. The lowest BCUT2D eigenvalue weighted by Crippen LogP contribution is -2.03. The van der Waals surface area contributed by atoms with Gasteiger partial charge in [0.15, 0.2) is 0 Å². The zero-order valence-electron chi connectivity index (χ0n) is 27.1. The van der Waals surface area contributed by atoms with Gasteiger partial charge < -0.3 is 0 Å². The van der Waals surface area contributed by atoms with E-state index in [0.717, 1.165) is 33.7 Å². The molecule has 232 valence electrons. The predicted octanol–water partition coefficient (Wildman–Crippen LogP) is 12.3. The standard InChI is InChI=1S/C47H29N3/c1-2-15-31-30(14-1)32-16-3-5-18-34(32)39-28-41-38-22-9-12-25-44(38)50(45(41)29-40(39)35-19-6-4-17-33(31)35)47-27-13-26-46(48-47)49-42-23-10-7-20-36(42)37-21-8-11-24-43(37)49/h1-29H. The van der Waals surface area contributed by atoms with Crippen LogP contribution >= 0.6 is 0 Å². The molecule has 3 nitrogen and oxygen atoms in total. The second kappa shape index (κ2) is 10.4. The van der Waals surface area contributed by atoms with E-state index >= 15 is 0 Å². The highest BCUT2D eigenvalue weighted by Crippen LogP contribution is 2.49. The van der Waals surface area contributed by atoms with E-state index in [9.17, 15) is 0 Å². The van der Waals surface area contributed by atoms with E-state index in [2.05, 4.69) is 185 Å². The largest absolute Gasteiger partial charge is 0.294 e. The molecule has 0 unspecified atom stereocenters. The van der Waals surface area contributed by atoms with E-state index in [-0.39, 0.29) is 0 Å². The van der Waals surface area contributed by atoms with Gasteiger partial charge in [-0.25, -0.2) is 4.98 Å². The maximum atomic E-state index is 5.44. The summed E-state index contributed by atoms with van der Waals surface area (Å²) >= 11 is 0. The molecule has 3 aromatic heterocycles. The van der Waals surface area contributed by atoms with Crippen molar-refractivity contribution in [3.05, 3.63) is 176 Å². The summed E-state index contributed by atoms with van der Waals surface area (Å²) < 4.78 is 4.64. The molecule has 1 aliphatic rings. The number of pyridine rings is 1. The lowest BCUT2D eigenvalue weighted by Gasteiger charge is -2.23. The second-order valence-corrected chi connectivity index (χ2v) is 13.1. The molecule has 3 heteroatoms. The molecule has 3 heterocycles. The zero-order chi connectivity index (χ0) is 32.8. The van der Waals surface area contributed by atoms with Gasteiger partial charge in [-0.2, -0.15) is 0 Å². The van der Waals surface area contributed by atoms with Crippen LogP contribution in [0.2, 0.25) is 0 Å². The van der Waals surface area contributed by atoms with Gasteiger partial charge in [-0.3, -0.25) is 9.13 Å². The Morgan fingerprint density at radius 3 is 1.06 bits per heavy atom. The van der Waals surface area contributed by atoms with Gasteiger partial charge in [0.25, 0.3) is 0 Å². The number of hydrogen-bond acceptors (Lipinski definition) is 1. The maximum absolute atomic E-state index is 5.44. The molecule has 0 saturated heterocycles. The molecule has 0 spiro atoms. The fourth-order valence-electron chi connectivity index (χ4n) is 8.40. The van der Waals surface area contributed by atoms with Gasteiger partial charge in [0.2, 0.25) is 0 Å². The Bertz CT molecular complexity index is 2940. The molecule has 7 aromatic carbocycles. The van der Waals surface area contributed by atoms with E-state index in [1.165, 1.54) is 66.1 Å². The van der Waals surface area contributed by atoms with E-state index < -0.39 is 0 Å². The number of benzene rings is 7. The Labute approximate surface area is 288 Å². The first-order valence-corrected chi connectivity index (χ1v) is 17.2. The summed E-state index contributed by atoms with van der Waals surface area (Å²) in [4.78, 5) is 5.44. The van der Waals surface area contributed by atoms with Crippen molar-refractivity contribution in [2.75, 3.05) is 0 Å². The molecule has 0 bridgehead atoms. The van der Waals surface area contributed by atoms with Crippen LogP contribution in [0.5, 0.6) is 0 Å². The molecule has 50 heavy (non-hydrogen) atoms. The highest BCUT2D eigenvalue weighted by molar-refractivity contribution is 6.15. The van der Waals surface area contributed by atoms with Gasteiger partial charge in [-0.1, -0.05) is 133 Å². The third kappa shape index (κ3) is 3.77. The van der Waals surface area contributed by atoms with Crippen LogP contribution in [-0.2, 0) is 0 Å². The van der Waals surface area contributed by atoms with E-state index in [0.29, 0.717) is 0 Å². The van der Waals surface area contributed by atoms with E-state index in [1.54, 1.807) is 0 Å². The molecule has 0 N–H and O–H groups in total. The molecule has 10 aromatic rings. The number of aromatic nitrogens is 3. The fourth-order valence-corrected chi connectivity index (χ4v) is 8.40. The summed E-state index contributed by atoms with van der Waals surface area (Å²) in [6, 6.07) is 63.7. The van der Waals surface area contributed by atoms with Crippen LogP contribution in [-0.4, -0.2) is 14.1 Å². The minimum atomic E-state index is 0.889. The number of fused-ring (bicyclic) bond motifs is 14. The summed E-state index contributed by atoms with van der Waals surface area (Å²) in [7, 11) is 0. The summed E-state index contributed by atoms with van der Waals surface area (Å²) in [5.74, 6) is 1.79. The molecule has 0 amide bonds. The van der Waals surface area contributed by atoms with Crippen molar-refractivity contribution in [2.24, 2.45) is 0 Å². The van der Waals surface area contributed by atoms with Crippen LogP contribution in [0.25, 0.3) is 99.8 Å². The molecule has 0 saturated carbocycles. The van der Waals surface area contributed by atoms with Gasteiger partial charge >= 0.3 is 0 Å². The minimum absolute atomic E-state index is 0.889. The Morgan fingerprint density at radius 1 is 0.260 bits per heavy atom. The number of nitrogens with zero attached hydrogens (tertiary/aromatic N) is 3. The highest BCUT2D eigenvalue weighted by Gasteiger charge is 2.24. The monoisotopic (exact) mass is 635 g/mol. The maximum Gasteiger partial charge on any atom is 0.140 e. The number of hydrogen-bond donors (Lipinski definition) is 0. The molecule has 0 radical (unpaired) electrons. The highest BCUT2D eigenvalue weighted by atomic mass is 15.1. The van der Waals surface area contributed by atoms with Crippen LogP contribution < -0.4 is 0 Å². The molecule has 1 aliphatic carbocycles. The molecular formula is C47H29N3. The summed E-state index contributed by atoms with van der Waals surface area (Å²) in [6.07, 6.45) is 0. The SMILES string of the molecule is c1cc(-n2c3ccccc3c3ccccc32)nc(-n2c3ccccc3c3cc4c(cc32)-c2ccccc2-c2ccccc2-c2ccccc2-4)c1.